The number of rotatable bonds is 3. The number of nitrogens with zero attached hydrogens (tertiary/aromatic N) is 3. The van der Waals surface area contributed by atoms with Crippen molar-refractivity contribution in [3.8, 4) is 16.9 Å². The third-order valence-corrected chi connectivity index (χ3v) is 5.84. The van der Waals surface area contributed by atoms with E-state index in [1.165, 1.54) is 25.6 Å². The third-order valence-electron chi connectivity index (χ3n) is 5.14. The minimum absolute atomic E-state index is 0.311. The topological polar surface area (TPSA) is 66.0 Å². The molecule has 136 valence electrons. The molecular weight excluding hydrogens is 371 g/mol. The summed E-state index contributed by atoms with van der Waals surface area (Å²) in [5, 5.41) is 1.94. The highest BCUT2D eigenvalue weighted by molar-refractivity contribution is 6.38. The van der Waals surface area contributed by atoms with Crippen LogP contribution in [0.2, 0.25) is 10.2 Å². The average Bonchev–Trinajstić information content (AvgIpc) is 2.96. The first-order valence-corrected chi connectivity index (χ1v) is 9.51. The molecule has 1 fully saturated rings. The molecule has 5 nitrogen and oxygen atoms in total. The standard InChI is InChI=1S/C19H20Cl2N4O/c1-26-12-7-8-14(20)13(9-12)15-16-18(22)23-10-24-19(16)25(17(15)21)11-5-3-2-4-6-11/h7-11H,2-6H2,1H3,(H2,22,23,24). The van der Waals surface area contributed by atoms with Gasteiger partial charge >= 0.3 is 0 Å². The largest absolute Gasteiger partial charge is 0.497 e. The van der Waals surface area contributed by atoms with Crippen LogP contribution in [0, 0.1) is 0 Å². The number of benzene rings is 1. The van der Waals surface area contributed by atoms with Crippen molar-refractivity contribution in [1.29, 1.82) is 0 Å². The van der Waals surface area contributed by atoms with Crippen LogP contribution in [0.4, 0.5) is 5.82 Å². The Kier molecular flexibility index (Phi) is 4.67. The fraction of sp³-hybridized carbons (Fsp3) is 0.368. The number of nitrogen functional groups attached to an aromatic ring is 1. The first-order valence-electron chi connectivity index (χ1n) is 8.75. The molecule has 1 aliphatic rings. The van der Waals surface area contributed by atoms with Crippen LogP contribution < -0.4 is 10.5 Å². The fourth-order valence-corrected chi connectivity index (χ4v) is 4.50. The summed E-state index contributed by atoms with van der Waals surface area (Å²) in [6.07, 6.45) is 7.30. The third kappa shape index (κ3) is 2.79. The van der Waals surface area contributed by atoms with E-state index in [1.807, 2.05) is 12.1 Å². The summed E-state index contributed by atoms with van der Waals surface area (Å²) in [6, 6.07) is 5.81. The number of methoxy groups -OCH3 is 1. The van der Waals surface area contributed by atoms with E-state index in [0.717, 1.165) is 35.0 Å². The lowest BCUT2D eigenvalue weighted by Gasteiger charge is -2.24. The molecule has 2 N–H and O–H groups in total. The number of hydrogen-bond acceptors (Lipinski definition) is 4. The van der Waals surface area contributed by atoms with E-state index in [4.69, 9.17) is 33.7 Å². The summed E-state index contributed by atoms with van der Waals surface area (Å²) in [4.78, 5) is 8.70. The Morgan fingerprint density at radius 3 is 2.65 bits per heavy atom. The lowest BCUT2D eigenvalue weighted by atomic mass is 9.95. The zero-order valence-corrected chi connectivity index (χ0v) is 16.0. The van der Waals surface area contributed by atoms with Crippen LogP contribution in [0.25, 0.3) is 22.2 Å². The quantitative estimate of drug-likeness (QED) is 0.640. The normalized spacial score (nSPS) is 15.5. The molecular formula is C19H20Cl2N4O. The summed E-state index contributed by atoms with van der Waals surface area (Å²) in [6.45, 7) is 0. The molecule has 3 aromatic rings. The van der Waals surface area contributed by atoms with E-state index in [-0.39, 0.29) is 0 Å². The van der Waals surface area contributed by atoms with Gasteiger partial charge in [-0.2, -0.15) is 0 Å². The first kappa shape index (κ1) is 17.4. The van der Waals surface area contributed by atoms with Crippen molar-refractivity contribution in [3.63, 3.8) is 0 Å². The Morgan fingerprint density at radius 2 is 1.92 bits per heavy atom. The summed E-state index contributed by atoms with van der Waals surface area (Å²) in [7, 11) is 1.62. The molecule has 0 aliphatic heterocycles. The molecule has 0 spiro atoms. The van der Waals surface area contributed by atoms with Crippen LogP contribution in [0.1, 0.15) is 38.1 Å². The van der Waals surface area contributed by atoms with Gasteiger partial charge in [0.15, 0.2) is 0 Å². The molecule has 4 rings (SSSR count). The maximum atomic E-state index is 6.90. The molecule has 2 heterocycles. The van der Waals surface area contributed by atoms with Crippen molar-refractivity contribution in [2.45, 2.75) is 38.1 Å². The lowest BCUT2D eigenvalue weighted by molar-refractivity contribution is 0.360. The van der Waals surface area contributed by atoms with E-state index >= 15 is 0 Å². The van der Waals surface area contributed by atoms with E-state index in [0.29, 0.717) is 27.8 Å². The van der Waals surface area contributed by atoms with E-state index in [2.05, 4.69) is 14.5 Å². The molecule has 0 amide bonds. The fourth-order valence-electron chi connectivity index (χ4n) is 3.87. The van der Waals surface area contributed by atoms with Crippen molar-refractivity contribution in [1.82, 2.24) is 14.5 Å². The van der Waals surface area contributed by atoms with Gasteiger partial charge in [-0.25, -0.2) is 9.97 Å². The van der Waals surface area contributed by atoms with Crippen LogP contribution in [0.15, 0.2) is 24.5 Å². The zero-order valence-electron chi connectivity index (χ0n) is 14.5. The van der Waals surface area contributed by atoms with Gasteiger partial charge in [-0.3, -0.25) is 0 Å². The minimum atomic E-state index is 0.311. The SMILES string of the molecule is COc1ccc(Cl)c(-c2c(Cl)n(C3CCCCC3)c3ncnc(N)c23)c1. The number of fused-ring (bicyclic) bond motifs is 1. The van der Waals surface area contributed by atoms with Crippen LogP contribution in [0.3, 0.4) is 0 Å². The lowest BCUT2D eigenvalue weighted by Crippen LogP contribution is -2.13. The second-order valence-corrected chi connectivity index (χ2v) is 7.40. The monoisotopic (exact) mass is 390 g/mol. The highest BCUT2D eigenvalue weighted by Gasteiger charge is 2.27. The molecule has 0 unspecified atom stereocenters. The van der Waals surface area contributed by atoms with Crippen molar-refractivity contribution in [2.24, 2.45) is 0 Å². The van der Waals surface area contributed by atoms with Gasteiger partial charge in [0.2, 0.25) is 0 Å². The van der Waals surface area contributed by atoms with Gasteiger partial charge in [-0.05, 0) is 31.0 Å². The van der Waals surface area contributed by atoms with Gasteiger partial charge in [-0.1, -0.05) is 42.5 Å². The molecule has 1 aromatic carbocycles. The molecule has 0 atom stereocenters. The van der Waals surface area contributed by atoms with Gasteiger partial charge in [0.1, 0.15) is 28.7 Å². The Morgan fingerprint density at radius 1 is 1.15 bits per heavy atom. The van der Waals surface area contributed by atoms with Crippen LogP contribution in [-0.4, -0.2) is 21.6 Å². The summed E-state index contributed by atoms with van der Waals surface area (Å²) < 4.78 is 7.48. The zero-order chi connectivity index (χ0) is 18.3. The second-order valence-electron chi connectivity index (χ2n) is 6.63. The summed E-state index contributed by atoms with van der Waals surface area (Å²) >= 11 is 13.4. The number of aromatic nitrogens is 3. The van der Waals surface area contributed by atoms with Gasteiger partial charge in [-0.15, -0.1) is 0 Å². The molecule has 7 heteroatoms. The molecule has 0 bridgehead atoms. The van der Waals surface area contributed by atoms with Crippen molar-refractivity contribution in [2.75, 3.05) is 12.8 Å². The second kappa shape index (κ2) is 6.97. The molecule has 0 radical (unpaired) electrons. The minimum Gasteiger partial charge on any atom is -0.497 e. The van der Waals surface area contributed by atoms with Crippen molar-refractivity contribution >= 4 is 40.1 Å². The van der Waals surface area contributed by atoms with E-state index < -0.39 is 0 Å². The molecule has 2 aromatic heterocycles. The smallest absolute Gasteiger partial charge is 0.147 e. The maximum Gasteiger partial charge on any atom is 0.147 e. The number of hydrogen-bond donors (Lipinski definition) is 1. The Bertz CT molecular complexity index is 964. The number of halogens is 2. The van der Waals surface area contributed by atoms with Gasteiger partial charge in [0.05, 0.1) is 12.5 Å². The van der Waals surface area contributed by atoms with Crippen LogP contribution in [-0.2, 0) is 0 Å². The number of nitrogens with two attached hydrogens (primary N) is 1. The summed E-state index contributed by atoms with van der Waals surface area (Å²) in [5.74, 6) is 1.11. The predicted octanol–water partition coefficient (Wildman–Crippen LogP) is 5.50. The predicted molar refractivity (Wildman–Crippen MR) is 106 cm³/mol. The van der Waals surface area contributed by atoms with Gasteiger partial charge in [0.25, 0.3) is 0 Å². The van der Waals surface area contributed by atoms with Crippen molar-refractivity contribution < 1.29 is 4.74 Å². The maximum absolute atomic E-state index is 6.90. The van der Waals surface area contributed by atoms with Gasteiger partial charge in [0, 0.05) is 22.2 Å². The van der Waals surface area contributed by atoms with E-state index in [1.54, 1.807) is 13.2 Å². The van der Waals surface area contributed by atoms with Crippen LogP contribution in [0.5, 0.6) is 5.75 Å². The number of ether oxygens (including phenoxy) is 1. The molecule has 1 aliphatic carbocycles. The first-order chi connectivity index (χ1) is 12.6. The molecule has 1 saturated carbocycles. The van der Waals surface area contributed by atoms with Gasteiger partial charge < -0.3 is 15.0 Å². The van der Waals surface area contributed by atoms with Crippen LogP contribution >= 0.6 is 23.2 Å². The average molecular weight is 391 g/mol. The Labute approximate surface area is 162 Å². The highest BCUT2D eigenvalue weighted by Crippen LogP contribution is 2.46. The Balaban J connectivity index is 2.02. The van der Waals surface area contributed by atoms with E-state index in [9.17, 15) is 0 Å². The van der Waals surface area contributed by atoms with Crippen molar-refractivity contribution in [3.05, 3.63) is 34.7 Å². The summed E-state index contributed by atoms with van der Waals surface area (Å²) in [5.41, 5.74) is 8.54. The molecule has 26 heavy (non-hydrogen) atoms. The number of anilines is 1. The highest BCUT2D eigenvalue weighted by atomic mass is 35.5. The molecule has 0 saturated heterocycles. The Hall–Kier alpha value is -1.98.